The summed E-state index contributed by atoms with van der Waals surface area (Å²) < 4.78 is 7.82. The Bertz CT molecular complexity index is 993. The number of carbonyl (C=O) groups is 1. The monoisotopic (exact) mass is 448 g/mol. The third-order valence-electron chi connectivity index (χ3n) is 6.35. The number of rotatable bonds is 5. The molecular weight excluding hydrogens is 408 g/mol. The molecule has 1 unspecified atom stereocenters. The number of carbonyl (C=O) groups excluding carboxylic acids is 1. The van der Waals surface area contributed by atoms with E-state index in [-0.39, 0.29) is 5.91 Å². The number of nitrogens with zero attached hydrogens (tertiary/aromatic N) is 2. The number of allylic oxidation sites excluding steroid dienone is 4. The van der Waals surface area contributed by atoms with E-state index in [0.717, 1.165) is 30.5 Å². The average molecular weight is 449 g/mol. The summed E-state index contributed by atoms with van der Waals surface area (Å²) in [7, 11) is 0. The van der Waals surface area contributed by atoms with Gasteiger partial charge in [-0.2, -0.15) is 0 Å². The molecule has 1 atom stereocenters. The lowest BCUT2D eigenvalue weighted by Gasteiger charge is -2.27. The van der Waals surface area contributed by atoms with Gasteiger partial charge in [-0.25, -0.2) is 0 Å². The van der Waals surface area contributed by atoms with Crippen LogP contribution >= 0.6 is 0 Å². The maximum Gasteiger partial charge on any atom is 0.254 e. The molecule has 1 fully saturated rings. The van der Waals surface area contributed by atoms with E-state index in [4.69, 9.17) is 4.74 Å². The van der Waals surface area contributed by atoms with E-state index in [0.29, 0.717) is 32.2 Å². The van der Waals surface area contributed by atoms with Gasteiger partial charge in [0.15, 0.2) is 0 Å². The fourth-order valence-corrected chi connectivity index (χ4v) is 4.80. The van der Waals surface area contributed by atoms with Crippen LogP contribution in [0.5, 0.6) is 0 Å². The first-order valence-corrected chi connectivity index (χ1v) is 12.7. The van der Waals surface area contributed by atoms with Crippen LogP contribution in [-0.4, -0.2) is 41.7 Å². The summed E-state index contributed by atoms with van der Waals surface area (Å²) >= 11 is 0. The number of ether oxygens (including phenoxy) is 1. The van der Waals surface area contributed by atoms with Crippen molar-refractivity contribution in [1.29, 1.82) is 0 Å². The van der Waals surface area contributed by atoms with E-state index in [9.17, 15) is 4.79 Å². The molecule has 0 N–H and O–H groups in total. The minimum Gasteiger partial charge on any atom is -0.378 e. The summed E-state index contributed by atoms with van der Waals surface area (Å²) in [5.74, 6) is 0.810. The summed E-state index contributed by atoms with van der Waals surface area (Å²) in [5.41, 5.74) is 7.16. The summed E-state index contributed by atoms with van der Waals surface area (Å²) in [6.07, 6.45) is 11.0. The smallest absolute Gasteiger partial charge is 0.254 e. The lowest BCUT2D eigenvalue weighted by Crippen LogP contribution is -2.40. The Hall–Kier alpha value is -2.59. The molecule has 4 heteroatoms. The minimum absolute atomic E-state index is 0.0964. The molecule has 2 heterocycles. The third kappa shape index (κ3) is 5.67. The largest absolute Gasteiger partial charge is 0.378 e. The van der Waals surface area contributed by atoms with Crippen LogP contribution in [0.2, 0.25) is 0 Å². The SMILES string of the molecule is C/C=C\C(=C/CC)c1cc2c(n1-c1cccc(C(=O)N3CCOCC3)c1)CCC(C)C2.CC. The number of aromatic nitrogens is 1. The predicted octanol–water partition coefficient (Wildman–Crippen LogP) is 6.47. The van der Waals surface area contributed by atoms with Gasteiger partial charge in [-0.15, -0.1) is 0 Å². The Morgan fingerprint density at radius 3 is 2.64 bits per heavy atom. The number of benzene rings is 1. The highest BCUT2D eigenvalue weighted by Gasteiger charge is 2.24. The summed E-state index contributed by atoms with van der Waals surface area (Å²) in [5, 5.41) is 0. The lowest BCUT2D eigenvalue weighted by molar-refractivity contribution is 0.0303. The zero-order chi connectivity index (χ0) is 23.8. The maximum absolute atomic E-state index is 13.1. The van der Waals surface area contributed by atoms with Gasteiger partial charge in [-0.1, -0.05) is 52.0 Å². The second kappa shape index (κ2) is 12.0. The first kappa shape index (κ1) is 25.0. The van der Waals surface area contributed by atoms with Crippen molar-refractivity contribution in [2.45, 2.75) is 60.3 Å². The molecule has 0 bridgehead atoms. The van der Waals surface area contributed by atoms with E-state index < -0.39 is 0 Å². The van der Waals surface area contributed by atoms with Crippen LogP contribution in [0.3, 0.4) is 0 Å². The van der Waals surface area contributed by atoms with Crippen LogP contribution in [0.4, 0.5) is 0 Å². The standard InChI is InChI=1S/C27H34N2O2.C2H6/c1-4-7-21(8-5-2)26-19-23-17-20(3)11-12-25(23)29(26)24-10-6-9-22(18-24)27(30)28-13-15-31-16-14-28;1-2/h4,6-10,18-20H,5,11-17H2,1-3H3;1-2H3/b7-4-,21-8+;. The van der Waals surface area contributed by atoms with Crippen LogP contribution in [0, 0.1) is 5.92 Å². The van der Waals surface area contributed by atoms with Gasteiger partial charge in [0.2, 0.25) is 0 Å². The molecule has 0 radical (unpaired) electrons. The second-order valence-electron chi connectivity index (χ2n) is 8.71. The predicted molar refractivity (Wildman–Crippen MR) is 138 cm³/mol. The lowest BCUT2D eigenvalue weighted by atomic mass is 9.89. The maximum atomic E-state index is 13.1. The number of morpholine rings is 1. The average Bonchev–Trinajstić information content (AvgIpc) is 3.23. The van der Waals surface area contributed by atoms with Gasteiger partial charge in [0, 0.05) is 30.0 Å². The molecule has 1 aliphatic heterocycles. The van der Waals surface area contributed by atoms with Crippen LogP contribution in [-0.2, 0) is 17.6 Å². The minimum atomic E-state index is 0.0964. The molecule has 4 nitrogen and oxygen atoms in total. The molecule has 1 aromatic heterocycles. The molecule has 4 rings (SSSR count). The second-order valence-corrected chi connectivity index (χ2v) is 8.71. The van der Waals surface area contributed by atoms with E-state index in [2.05, 4.69) is 61.8 Å². The molecule has 2 aliphatic rings. The molecule has 0 spiro atoms. The summed E-state index contributed by atoms with van der Waals surface area (Å²) in [6, 6.07) is 10.5. The van der Waals surface area contributed by atoms with Gasteiger partial charge >= 0.3 is 0 Å². The molecule has 1 saturated heterocycles. The van der Waals surface area contributed by atoms with Crippen molar-refractivity contribution in [3.05, 3.63) is 71.1 Å². The van der Waals surface area contributed by atoms with E-state index in [1.807, 2.05) is 30.9 Å². The molecule has 33 heavy (non-hydrogen) atoms. The highest BCUT2D eigenvalue weighted by Crippen LogP contribution is 2.34. The van der Waals surface area contributed by atoms with Crippen LogP contribution in [0.25, 0.3) is 11.3 Å². The zero-order valence-electron chi connectivity index (χ0n) is 21.1. The van der Waals surface area contributed by atoms with Gasteiger partial charge < -0.3 is 14.2 Å². The molecule has 0 saturated carbocycles. The Kier molecular flexibility index (Phi) is 9.13. The van der Waals surface area contributed by atoms with Gasteiger partial charge in [0.25, 0.3) is 5.91 Å². The fraction of sp³-hybridized carbons (Fsp3) is 0.483. The van der Waals surface area contributed by atoms with Gasteiger partial charge in [0.1, 0.15) is 0 Å². The molecule has 1 aromatic carbocycles. The van der Waals surface area contributed by atoms with Crippen molar-refractivity contribution in [3.63, 3.8) is 0 Å². The van der Waals surface area contributed by atoms with Gasteiger partial charge in [-0.05, 0) is 73.9 Å². The van der Waals surface area contributed by atoms with Crippen molar-refractivity contribution in [3.8, 4) is 5.69 Å². The Morgan fingerprint density at radius 2 is 1.94 bits per heavy atom. The Morgan fingerprint density at radius 1 is 1.18 bits per heavy atom. The van der Waals surface area contributed by atoms with Crippen LogP contribution < -0.4 is 0 Å². The molecule has 178 valence electrons. The molecule has 1 aliphatic carbocycles. The first-order chi connectivity index (χ1) is 16.1. The summed E-state index contributed by atoms with van der Waals surface area (Å²) in [4.78, 5) is 15.0. The Balaban J connectivity index is 0.00000149. The molecular formula is C29H40N2O2. The summed E-state index contributed by atoms with van der Waals surface area (Å²) in [6.45, 7) is 13.2. The van der Waals surface area contributed by atoms with E-state index >= 15 is 0 Å². The first-order valence-electron chi connectivity index (χ1n) is 12.7. The number of fused-ring (bicyclic) bond motifs is 1. The highest BCUT2D eigenvalue weighted by molar-refractivity contribution is 5.95. The topological polar surface area (TPSA) is 34.5 Å². The van der Waals surface area contributed by atoms with Crippen molar-refractivity contribution < 1.29 is 9.53 Å². The zero-order valence-corrected chi connectivity index (χ0v) is 21.1. The number of hydrogen-bond acceptors (Lipinski definition) is 2. The van der Waals surface area contributed by atoms with Crippen LogP contribution in [0.15, 0.2) is 48.6 Å². The van der Waals surface area contributed by atoms with E-state index in [1.54, 1.807) is 0 Å². The van der Waals surface area contributed by atoms with Crippen molar-refractivity contribution >= 4 is 11.5 Å². The van der Waals surface area contributed by atoms with Crippen molar-refractivity contribution in [2.24, 2.45) is 5.92 Å². The molecule has 2 aromatic rings. The Labute approximate surface area is 199 Å². The van der Waals surface area contributed by atoms with Crippen molar-refractivity contribution in [2.75, 3.05) is 26.3 Å². The normalized spacial score (nSPS) is 18.6. The third-order valence-corrected chi connectivity index (χ3v) is 6.35. The quantitative estimate of drug-likeness (QED) is 0.491. The fourth-order valence-electron chi connectivity index (χ4n) is 4.80. The molecule has 1 amide bonds. The van der Waals surface area contributed by atoms with Crippen LogP contribution in [0.1, 0.15) is 74.8 Å². The van der Waals surface area contributed by atoms with Gasteiger partial charge in [0.05, 0.1) is 18.9 Å². The number of hydrogen-bond donors (Lipinski definition) is 0. The van der Waals surface area contributed by atoms with Crippen molar-refractivity contribution in [1.82, 2.24) is 9.47 Å². The van der Waals surface area contributed by atoms with E-state index in [1.165, 1.54) is 28.9 Å². The highest BCUT2D eigenvalue weighted by atomic mass is 16.5. The number of amides is 1. The van der Waals surface area contributed by atoms with Gasteiger partial charge in [-0.3, -0.25) is 4.79 Å².